The lowest BCUT2D eigenvalue weighted by atomic mass is 10.0. The number of ether oxygens (including phenoxy) is 2. The van der Waals surface area contributed by atoms with Crippen LogP contribution < -0.4 is 4.72 Å². The van der Waals surface area contributed by atoms with Gasteiger partial charge in [0.2, 0.25) is 10.0 Å². The largest absolute Gasteiger partial charge is 0.352 e. The van der Waals surface area contributed by atoms with Gasteiger partial charge in [0.15, 0.2) is 6.29 Å². The van der Waals surface area contributed by atoms with Crippen LogP contribution in [0.25, 0.3) is 0 Å². The highest BCUT2D eigenvalue weighted by atomic mass is 32.2. The molecule has 0 aliphatic carbocycles. The Hall–Kier alpha value is -0.170. The van der Waals surface area contributed by atoms with E-state index in [4.69, 9.17) is 9.47 Å². The zero-order chi connectivity index (χ0) is 13.5. The summed E-state index contributed by atoms with van der Waals surface area (Å²) >= 11 is 0. The minimum atomic E-state index is -3.28. The van der Waals surface area contributed by atoms with Crippen LogP contribution in [0.5, 0.6) is 0 Å². The fourth-order valence-corrected chi connectivity index (χ4v) is 2.99. The fraction of sp³-hybridized carbons (Fsp3) is 1.00. The van der Waals surface area contributed by atoms with Crippen LogP contribution >= 0.6 is 0 Å². The standard InChI is InChI=1S/C11H25NO4S/c1-6-15-10(16-7-2)8-12-17(13,14)9-11(3,4)5/h10,12H,6-9H2,1-5H3. The summed E-state index contributed by atoms with van der Waals surface area (Å²) in [5.74, 6) is 0.0883. The summed E-state index contributed by atoms with van der Waals surface area (Å²) in [6.45, 7) is 10.5. The lowest BCUT2D eigenvalue weighted by Gasteiger charge is -2.21. The van der Waals surface area contributed by atoms with E-state index < -0.39 is 16.3 Å². The van der Waals surface area contributed by atoms with Crippen LogP contribution in [-0.4, -0.2) is 40.2 Å². The summed E-state index contributed by atoms with van der Waals surface area (Å²) in [6.07, 6.45) is -0.514. The quantitative estimate of drug-likeness (QED) is 0.674. The molecule has 0 rings (SSSR count). The summed E-state index contributed by atoms with van der Waals surface area (Å²) < 4.78 is 36.5. The average Bonchev–Trinajstić information content (AvgIpc) is 2.11. The molecule has 0 atom stereocenters. The van der Waals surface area contributed by atoms with Crippen LogP contribution in [-0.2, 0) is 19.5 Å². The molecule has 0 bridgehead atoms. The van der Waals surface area contributed by atoms with E-state index in [0.29, 0.717) is 13.2 Å². The van der Waals surface area contributed by atoms with Crippen molar-refractivity contribution < 1.29 is 17.9 Å². The monoisotopic (exact) mass is 267 g/mol. The van der Waals surface area contributed by atoms with Crippen molar-refractivity contribution in [3.63, 3.8) is 0 Å². The maximum atomic E-state index is 11.7. The van der Waals surface area contributed by atoms with Crippen LogP contribution in [0.4, 0.5) is 0 Å². The summed E-state index contributed by atoms with van der Waals surface area (Å²) in [5, 5.41) is 0. The van der Waals surface area contributed by atoms with E-state index in [0.717, 1.165) is 0 Å². The van der Waals surface area contributed by atoms with E-state index in [1.54, 1.807) is 0 Å². The molecule has 1 N–H and O–H groups in total. The van der Waals surface area contributed by atoms with Gasteiger partial charge in [0.05, 0.1) is 12.3 Å². The van der Waals surface area contributed by atoms with Gasteiger partial charge in [-0.05, 0) is 19.3 Å². The molecule has 5 nitrogen and oxygen atoms in total. The van der Waals surface area contributed by atoms with Crippen molar-refractivity contribution in [2.45, 2.75) is 40.9 Å². The third-order valence-electron chi connectivity index (χ3n) is 1.80. The first kappa shape index (κ1) is 16.8. The second-order valence-corrected chi connectivity index (χ2v) is 6.82. The molecule has 6 heteroatoms. The Morgan fingerprint density at radius 1 is 1.12 bits per heavy atom. The van der Waals surface area contributed by atoms with Gasteiger partial charge in [0, 0.05) is 13.2 Å². The molecule has 0 aromatic rings. The van der Waals surface area contributed by atoms with Crippen molar-refractivity contribution in [1.82, 2.24) is 4.72 Å². The molecule has 0 radical (unpaired) electrons. The molecule has 0 aliphatic rings. The predicted octanol–water partition coefficient (Wildman–Crippen LogP) is 1.35. The molecule has 17 heavy (non-hydrogen) atoms. The first-order valence-electron chi connectivity index (χ1n) is 5.90. The highest BCUT2D eigenvalue weighted by Crippen LogP contribution is 2.15. The van der Waals surface area contributed by atoms with Crippen molar-refractivity contribution in [2.75, 3.05) is 25.5 Å². The fourth-order valence-electron chi connectivity index (χ4n) is 1.35. The smallest absolute Gasteiger partial charge is 0.212 e. The summed E-state index contributed by atoms with van der Waals surface area (Å²) in [4.78, 5) is 0. The van der Waals surface area contributed by atoms with Crippen LogP contribution in [0.2, 0.25) is 0 Å². The zero-order valence-corrected chi connectivity index (χ0v) is 12.3. The molecule has 0 aromatic heterocycles. The third kappa shape index (κ3) is 9.52. The summed E-state index contributed by atoms with van der Waals surface area (Å²) in [7, 11) is -3.28. The second kappa shape index (κ2) is 7.31. The van der Waals surface area contributed by atoms with Gasteiger partial charge in [-0.3, -0.25) is 0 Å². The van der Waals surface area contributed by atoms with Crippen molar-refractivity contribution in [2.24, 2.45) is 5.41 Å². The van der Waals surface area contributed by atoms with Crippen LogP contribution in [0.1, 0.15) is 34.6 Å². The highest BCUT2D eigenvalue weighted by Gasteiger charge is 2.22. The van der Waals surface area contributed by atoms with Gasteiger partial charge in [0.1, 0.15) is 0 Å². The van der Waals surface area contributed by atoms with Crippen molar-refractivity contribution >= 4 is 10.0 Å². The molecule has 0 aromatic carbocycles. The maximum Gasteiger partial charge on any atom is 0.212 e. The summed E-state index contributed by atoms with van der Waals surface area (Å²) in [6, 6.07) is 0. The predicted molar refractivity (Wildman–Crippen MR) is 68.3 cm³/mol. The average molecular weight is 267 g/mol. The highest BCUT2D eigenvalue weighted by molar-refractivity contribution is 7.89. The van der Waals surface area contributed by atoms with Crippen molar-refractivity contribution in [3.8, 4) is 0 Å². The zero-order valence-electron chi connectivity index (χ0n) is 11.4. The number of sulfonamides is 1. The molecule has 0 amide bonds. The lowest BCUT2D eigenvalue weighted by Crippen LogP contribution is -2.39. The Balaban J connectivity index is 4.23. The molecule has 0 saturated heterocycles. The van der Waals surface area contributed by atoms with Gasteiger partial charge in [-0.1, -0.05) is 20.8 Å². The van der Waals surface area contributed by atoms with Gasteiger partial charge in [-0.25, -0.2) is 13.1 Å². The molecule has 0 saturated carbocycles. The van der Waals surface area contributed by atoms with Crippen molar-refractivity contribution in [3.05, 3.63) is 0 Å². The van der Waals surface area contributed by atoms with E-state index in [2.05, 4.69) is 4.72 Å². The molecule has 104 valence electrons. The van der Waals surface area contributed by atoms with Crippen LogP contribution in [0.3, 0.4) is 0 Å². The van der Waals surface area contributed by atoms with Crippen molar-refractivity contribution in [1.29, 1.82) is 0 Å². The minimum absolute atomic E-state index is 0.0883. The number of hydrogen-bond acceptors (Lipinski definition) is 4. The minimum Gasteiger partial charge on any atom is -0.352 e. The second-order valence-electron chi connectivity index (χ2n) is 5.01. The van der Waals surface area contributed by atoms with E-state index in [9.17, 15) is 8.42 Å². The van der Waals surface area contributed by atoms with E-state index >= 15 is 0 Å². The van der Waals surface area contributed by atoms with Gasteiger partial charge in [0.25, 0.3) is 0 Å². The number of nitrogens with one attached hydrogen (secondary N) is 1. The summed E-state index contributed by atoms with van der Waals surface area (Å²) in [5.41, 5.74) is -0.265. The molecule has 0 aliphatic heterocycles. The first-order valence-corrected chi connectivity index (χ1v) is 7.56. The Bertz CT molecular complexity index is 289. The van der Waals surface area contributed by atoms with Gasteiger partial charge >= 0.3 is 0 Å². The van der Waals surface area contributed by atoms with Gasteiger partial charge < -0.3 is 9.47 Å². The van der Waals surface area contributed by atoms with E-state index in [-0.39, 0.29) is 17.7 Å². The van der Waals surface area contributed by atoms with Crippen LogP contribution in [0, 0.1) is 5.41 Å². The van der Waals surface area contributed by atoms with E-state index in [1.165, 1.54) is 0 Å². The molecule has 0 unspecified atom stereocenters. The Morgan fingerprint density at radius 2 is 1.59 bits per heavy atom. The lowest BCUT2D eigenvalue weighted by molar-refractivity contribution is -0.130. The molecular formula is C11H25NO4S. The third-order valence-corrected chi connectivity index (χ3v) is 3.65. The molecule has 0 spiro atoms. The molecular weight excluding hydrogens is 242 g/mol. The Morgan fingerprint density at radius 3 is 1.94 bits per heavy atom. The normalized spacial score (nSPS) is 13.3. The first-order chi connectivity index (χ1) is 7.70. The SMILES string of the molecule is CCOC(CNS(=O)(=O)CC(C)(C)C)OCC. The molecule has 0 fully saturated rings. The number of hydrogen-bond donors (Lipinski definition) is 1. The molecule has 0 heterocycles. The van der Waals surface area contributed by atoms with Gasteiger partial charge in [-0.2, -0.15) is 0 Å². The van der Waals surface area contributed by atoms with E-state index in [1.807, 2.05) is 34.6 Å². The van der Waals surface area contributed by atoms with Gasteiger partial charge in [-0.15, -0.1) is 0 Å². The van der Waals surface area contributed by atoms with Crippen LogP contribution in [0.15, 0.2) is 0 Å². The topological polar surface area (TPSA) is 64.6 Å². The Kier molecular flexibility index (Phi) is 7.23. The Labute approximate surface area is 105 Å². The maximum absolute atomic E-state index is 11.7. The number of rotatable bonds is 8.